The summed E-state index contributed by atoms with van der Waals surface area (Å²) < 4.78 is 24.2. The Hall–Kier alpha value is -3.39. The quantitative estimate of drug-likeness (QED) is 0.422. The number of nitrogens with one attached hydrogen (secondary N) is 4. The molecule has 2 aliphatic carbocycles. The summed E-state index contributed by atoms with van der Waals surface area (Å²) in [6.07, 6.45) is 9.77. The van der Waals surface area contributed by atoms with Crippen LogP contribution in [0.4, 0.5) is 10.5 Å². The summed E-state index contributed by atoms with van der Waals surface area (Å²) in [6.45, 7) is -0.266. The maximum atomic E-state index is 12.8. The fourth-order valence-electron chi connectivity index (χ4n) is 4.12. The number of hydrogen-bond acceptors (Lipinski definition) is 6. The van der Waals surface area contributed by atoms with Crippen LogP contribution >= 0.6 is 0 Å². The molecule has 1 unspecified atom stereocenters. The van der Waals surface area contributed by atoms with E-state index in [0.29, 0.717) is 0 Å². The first-order valence-electron chi connectivity index (χ1n) is 9.62. The minimum atomic E-state index is -3.68. The topological polar surface area (TPSA) is 153 Å². The fraction of sp³-hybridized carbons (Fsp3) is 0.368. The summed E-state index contributed by atoms with van der Waals surface area (Å²) in [5.74, 6) is -0.596. The third-order valence-corrected chi connectivity index (χ3v) is 6.74. The van der Waals surface area contributed by atoms with Crippen LogP contribution in [-0.2, 0) is 46.9 Å². The third-order valence-electron chi connectivity index (χ3n) is 5.39. The van der Waals surface area contributed by atoms with Crippen LogP contribution in [0.1, 0.15) is 35.1 Å². The number of carbonyl (C=O) groups excluding carboxylic acids is 2. The van der Waals surface area contributed by atoms with Crippen LogP contribution in [0.15, 0.2) is 23.4 Å². The van der Waals surface area contributed by atoms with Crippen LogP contribution < -0.4 is 15.4 Å². The largest absolute Gasteiger partial charge is 0.331 e. The molecule has 1 aromatic carbocycles. The molecule has 1 heterocycles. The highest BCUT2D eigenvalue weighted by Crippen LogP contribution is 2.38. The first kappa shape index (κ1) is 19.9. The Morgan fingerprint density at radius 2 is 1.87 bits per heavy atom. The number of nitrogens with zero attached hydrogens (tertiary/aromatic N) is 3. The molecule has 4 N–H and O–H groups in total. The lowest BCUT2D eigenvalue weighted by atomic mass is 9.99. The van der Waals surface area contributed by atoms with Crippen molar-refractivity contribution in [1.82, 2.24) is 19.8 Å². The summed E-state index contributed by atoms with van der Waals surface area (Å²) in [5.41, 5.74) is 5.59. The van der Waals surface area contributed by atoms with Crippen LogP contribution in [0.3, 0.4) is 0 Å². The maximum Gasteiger partial charge on any atom is 0.331 e. The summed E-state index contributed by atoms with van der Waals surface area (Å²) in [4.78, 5) is 24.0. The number of anilines is 1. The SMILES string of the molecule is N#CNC(=O)Cn1cc(S(=N)(=O)NC(=O)Nc2c3c(cc4c2CCC4)CCC3)cn1. The Kier molecular flexibility index (Phi) is 5.17. The average Bonchev–Trinajstić information content (AvgIpc) is 3.41. The van der Waals surface area contributed by atoms with Crippen LogP contribution in [0, 0.1) is 16.2 Å². The zero-order valence-electron chi connectivity index (χ0n) is 16.2. The molecule has 3 amide bonds. The van der Waals surface area contributed by atoms with Crippen molar-refractivity contribution in [3.63, 3.8) is 0 Å². The highest BCUT2D eigenvalue weighted by molar-refractivity contribution is 7.91. The van der Waals surface area contributed by atoms with Gasteiger partial charge in [0.05, 0.1) is 6.20 Å². The number of amides is 3. The molecule has 0 spiro atoms. The number of aryl methyl sites for hydroxylation is 2. The molecule has 0 bridgehead atoms. The van der Waals surface area contributed by atoms with Crippen molar-refractivity contribution in [2.24, 2.45) is 0 Å². The molecule has 1 atom stereocenters. The van der Waals surface area contributed by atoms with Gasteiger partial charge in [-0.25, -0.2) is 18.5 Å². The van der Waals surface area contributed by atoms with Crippen molar-refractivity contribution in [2.45, 2.75) is 50.0 Å². The zero-order chi connectivity index (χ0) is 21.3. The third kappa shape index (κ3) is 3.86. The van der Waals surface area contributed by atoms with E-state index in [-0.39, 0.29) is 11.4 Å². The molecule has 2 aliphatic rings. The van der Waals surface area contributed by atoms with Crippen LogP contribution in [-0.4, -0.2) is 25.9 Å². The van der Waals surface area contributed by atoms with E-state index in [9.17, 15) is 13.8 Å². The Labute approximate surface area is 173 Å². The van der Waals surface area contributed by atoms with E-state index < -0.39 is 21.9 Å². The van der Waals surface area contributed by atoms with Gasteiger partial charge >= 0.3 is 6.03 Å². The number of fused-ring (bicyclic) bond motifs is 2. The standard InChI is InChI=1S/C19H21N7O3S/c20-11-22-17(27)10-26-9-14(8-23-26)30(21,29)25-19(28)24-18-15-5-1-3-12(15)7-13-4-2-6-16(13)18/h7-9H,1-6,10H2,(H,22,27)(H3,21,24,25,28,29). The molecule has 4 rings (SSSR count). The molecule has 0 saturated heterocycles. The number of benzene rings is 1. The molecule has 1 aromatic heterocycles. The van der Waals surface area contributed by atoms with Crippen molar-refractivity contribution in [2.75, 3.05) is 5.32 Å². The number of nitriles is 1. The lowest BCUT2D eigenvalue weighted by Gasteiger charge is -2.17. The van der Waals surface area contributed by atoms with Gasteiger partial charge in [-0.3, -0.25) is 14.8 Å². The van der Waals surface area contributed by atoms with E-state index in [0.717, 1.165) is 66.2 Å². The zero-order valence-corrected chi connectivity index (χ0v) is 17.0. The summed E-state index contributed by atoms with van der Waals surface area (Å²) in [5, 5.41) is 17.1. The Morgan fingerprint density at radius 1 is 1.20 bits per heavy atom. The van der Waals surface area contributed by atoms with Crippen LogP contribution in [0.25, 0.3) is 0 Å². The minimum Gasteiger partial charge on any atom is -0.307 e. The molecule has 0 aliphatic heterocycles. The van der Waals surface area contributed by atoms with E-state index in [4.69, 9.17) is 10.0 Å². The van der Waals surface area contributed by atoms with Crippen molar-refractivity contribution in [3.8, 4) is 6.19 Å². The highest BCUT2D eigenvalue weighted by atomic mass is 32.2. The summed E-state index contributed by atoms with van der Waals surface area (Å²) >= 11 is 0. The lowest BCUT2D eigenvalue weighted by Crippen LogP contribution is -2.34. The van der Waals surface area contributed by atoms with Crippen LogP contribution in [0.5, 0.6) is 0 Å². The number of aromatic nitrogens is 2. The van der Waals surface area contributed by atoms with Gasteiger partial charge in [0, 0.05) is 11.9 Å². The van der Waals surface area contributed by atoms with Gasteiger partial charge < -0.3 is 5.32 Å². The van der Waals surface area contributed by atoms with Crippen LogP contribution in [0.2, 0.25) is 0 Å². The molecule has 0 saturated carbocycles. The number of carbonyl (C=O) groups is 2. The predicted molar refractivity (Wildman–Crippen MR) is 108 cm³/mol. The molecule has 2 aromatic rings. The highest BCUT2D eigenvalue weighted by Gasteiger charge is 2.26. The fourth-order valence-corrected chi connectivity index (χ4v) is 5.02. The van der Waals surface area contributed by atoms with Gasteiger partial charge in [-0.05, 0) is 60.8 Å². The number of urea groups is 1. The smallest absolute Gasteiger partial charge is 0.307 e. The molecule has 30 heavy (non-hydrogen) atoms. The summed E-state index contributed by atoms with van der Waals surface area (Å²) in [6, 6.07) is 1.54. The average molecular weight is 427 g/mol. The van der Waals surface area contributed by atoms with Gasteiger partial charge in [-0.15, -0.1) is 0 Å². The first-order chi connectivity index (χ1) is 14.4. The molecule has 0 radical (unpaired) electrons. The minimum absolute atomic E-state index is 0.0362. The molecule has 11 heteroatoms. The Bertz CT molecular complexity index is 1150. The second kappa shape index (κ2) is 7.79. The maximum absolute atomic E-state index is 12.8. The summed E-state index contributed by atoms with van der Waals surface area (Å²) in [7, 11) is -3.68. The van der Waals surface area contributed by atoms with Crippen molar-refractivity contribution in [1.29, 1.82) is 10.0 Å². The van der Waals surface area contributed by atoms with E-state index in [1.54, 1.807) is 0 Å². The number of rotatable bonds is 5. The van der Waals surface area contributed by atoms with E-state index in [1.165, 1.54) is 23.5 Å². The Morgan fingerprint density at radius 3 is 2.50 bits per heavy atom. The predicted octanol–water partition coefficient (Wildman–Crippen LogP) is 1.60. The van der Waals surface area contributed by atoms with Gasteiger partial charge in [0.25, 0.3) is 5.91 Å². The van der Waals surface area contributed by atoms with E-state index >= 15 is 0 Å². The monoisotopic (exact) mass is 427 g/mol. The lowest BCUT2D eigenvalue weighted by molar-refractivity contribution is -0.120. The van der Waals surface area contributed by atoms with Gasteiger partial charge in [0.1, 0.15) is 11.4 Å². The van der Waals surface area contributed by atoms with Gasteiger partial charge in [0.2, 0.25) is 0 Å². The molecule has 10 nitrogen and oxygen atoms in total. The van der Waals surface area contributed by atoms with E-state index in [1.807, 2.05) is 5.32 Å². The Balaban J connectivity index is 1.49. The first-order valence-corrected chi connectivity index (χ1v) is 11.2. The van der Waals surface area contributed by atoms with Gasteiger partial charge in [0.15, 0.2) is 16.1 Å². The number of hydrogen-bond donors (Lipinski definition) is 4. The molecular weight excluding hydrogens is 406 g/mol. The second-order valence-corrected chi connectivity index (χ2v) is 9.17. The van der Waals surface area contributed by atoms with Crippen molar-refractivity contribution in [3.05, 3.63) is 40.7 Å². The molecular formula is C19H21N7O3S. The normalized spacial score (nSPS) is 16.1. The molecule has 156 valence electrons. The van der Waals surface area contributed by atoms with Crippen molar-refractivity contribution < 1.29 is 13.8 Å². The van der Waals surface area contributed by atoms with Crippen molar-refractivity contribution >= 4 is 27.5 Å². The second-order valence-electron chi connectivity index (χ2n) is 7.38. The molecule has 0 fully saturated rings. The van der Waals surface area contributed by atoms with Gasteiger partial charge in [-0.2, -0.15) is 10.4 Å². The van der Waals surface area contributed by atoms with Gasteiger partial charge in [-0.1, -0.05) is 6.07 Å². The van der Waals surface area contributed by atoms with E-state index in [2.05, 4.69) is 21.2 Å².